The van der Waals surface area contributed by atoms with Crippen molar-refractivity contribution in [2.24, 2.45) is 0 Å². The van der Waals surface area contributed by atoms with E-state index in [-0.39, 0.29) is 33.1 Å². The number of rotatable bonds is 4. The van der Waals surface area contributed by atoms with Crippen LogP contribution in [0.3, 0.4) is 0 Å². The van der Waals surface area contributed by atoms with Gasteiger partial charge in [0.05, 0.1) is 10.7 Å². The number of anilines is 1. The van der Waals surface area contributed by atoms with Crippen molar-refractivity contribution < 1.29 is 9.72 Å². The fourth-order valence-electron chi connectivity index (χ4n) is 1.12. The highest BCUT2D eigenvalue weighted by molar-refractivity contribution is 8.01. The van der Waals surface area contributed by atoms with Gasteiger partial charge < -0.3 is 5.32 Å². The summed E-state index contributed by atoms with van der Waals surface area (Å²) in [5.74, 6) is -0.288. The molecule has 104 valence electrons. The Morgan fingerprint density at radius 3 is 2.68 bits per heavy atom. The molecule has 1 heterocycles. The van der Waals surface area contributed by atoms with Crippen LogP contribution in [0.5, 0.6) is 0 Å². The summed E-state index contributed by atoms with van der Waals surface area (Å²) in [4.78, 5) is 25.7. The SMILES string of the molecule is CC(C)(C)SCC(=O)Nc1nc(Cl)ccc1[N+](=O)[O-]. The number of nitrogens with one attached hydrogen (secondary N) is 1. The van der Waals surface area contributed by atoms with Crippen LogP contribution in [0, 0.1) is 10.1 Å². The van der Waals surface area contributed by atoms with Gasteiger partial charge in [0.25, 0.3) is 0 Å². The summed E-state index contributed by atoms with van der Waals surface area (Å²) < 4.78 is -0.0644. The normalized spacial score (nSPS) is 11.2. The minimum atomic E-state index is -0.615. The smallest absolute Gasteiger partial charge is 0.304 e. The zero-order chi connectivity index (χ0) is 14.6. The van der Waals surface area contributed by atoms with Crippen LogP contribution in [0.15, 0.2) is 12.1 Å². The number of aromatic nitrogens is 1. The van der Waals surface area contributed by atoms with Crippen LogP contribution < -0.4 is 5.32 Å². The molecule has 1 aromatic rings. The van der Waals surface area contributed by atoms with Crippen molar-refractivity contribution in [1.29, 1.82) is 0 Å². The first-order valence-electron chi connectivity index (χ1n) is 5.44. The molecule has 19 heavy (non-hydrogen) atoms. The average Bonchev–Trinajstić information content (AvgIpc) is 2.25. The zero-order valence-electron chi connectivity index (χ0n) is 10.8. The molecule has 0 saturated carbocycles. The van der Waals surface area contributed by atoms with E-state index in [2.05, 4.69) is 10.3 Å². The van der Waals surface area contributed by atoms with Gasteiger partial charge in [-0.15, -0.1) is 11.8 Å². The van der Waals surface area contributed by atoms with Crippen molar-refractivity contribution in [3.05, 3.63) is 27.4 Å². The number of carbonyl (C=O) groups excluding carboxylic acids is 1. The van der Waals surface area contributed by atoms with Gasteiger partial charge in [-0.25, -0.2) is 4.98 Å². The Balaban J connectivity index is 2.78. The first kappa shape index (κ1) is 15.7. The lowest BCUT2D eigenvalue weighted by Crippen LogP contribution is -2.20. The summed E-state index contributed by atoms with van der Waals surface area (Å²) in [7, 11) is 0. The van der Waals surface area contributed by atoms with E-state index >= 15 is 0 Å². The zero-order valence-corrected chi connectivity index (χ0v) is 12.3. The molecule has 1 N–H and O–H groups in total. The van der Waals surface area contributed by atoms with Gasteiger partial charge in [0.15, 0.2) is 0 Å². The summed E-state index contributed by atoms with van der Waals surface area (Å²) >= 11 is 7.10. The Kier molecular flexibility index (Phi) is 5.13. The van der Waals surface area contributed by atoms with Gasteiger partial charge in [-0.3, -0.25) is 14.9 Å². The molecular formula is C11H14ClN3O3S. The van der Waals surface area contributed by atoms with Gasteiger partial charge in [-0.2, -0.15) is 0 Å². The molecular weight excluding hydrogens is 290 g/mol. The molecule has 8 heteroatoms. The number of carbonyl (C=O) groups is 1. The maximum Gasteiger partial charge on any atom is 0.311 e. The molecule has 0 radical (unpaired) electrons. The molecule has 1 amide bonds. The molecule has 1 rings (SSSR count). The van der Waals surface area contributed by atoms with Crippen LogP contribution in [0.1, 0.15) is 20.8 Å². The Hall–Kier alpha value is -1.34. The third-order valence-corrected chi connectivity index (χ3v) is 3.41. The van der Waals surface area contributed by atoms with E-state index in [1.807, 2.05) is 20.8 Å². The van der Waals surface area contributed by atoms with E-state index in [0.717, 1.165) is 0 Å². The second-order valence-electron chi connectivity index (χ2n) is 4.71. The molecule has 0 saturated heterocycles. The molecule has 0 aromatic carbocycles. The molecule has 6 nitrogen and oxygen atoms in total. The highest BCUT2D eigenvalue weighted by atomic mass is 35.5. The Bertz CT molecular complexity index is 502. The Morgan fingerprint density at radius 2 is 2.16 bits per heavy atom. The predicted molar refractivity (Wildman–Crippen MR) is 76.7 cm³/mol. The summed E-state index contributed by atoms with van der Waals surface area (Å²) in [5.41, 5.74) is -0.279. The predicted octanol–water partition coefficient (Wildman–Crippen LogP) is 3.11. The molecule has 0 bridgehead atoms. The van der Waals surface area contributed by atoms with E-state index in [1.54, 1.807) is 0 Å². The van der Waals surface area contributed by atoms with E-state index in [0.29, 0.717) is 0 Å². The fraction of sp³-hybridized carbons (Fsp3) is 0.455. The van der Waals surface area contributed by atoms with Gasteiger partial charge in [0.1, 0.15) is 5.15 Å². The maximum atomic E-state index is 11.7. The largest absolute Gasteiger partial charge is 0.311 e. The number of amides is 1. The standard InChI is InChI=1S/C11H14ClN3O3S/c1-11(2,3)19-6-9(16)14-10-7(15(17)18)4-5-8(12)13-10/h4-5H,6H2,1-3H3,(H,13,14,16). The summed E-state index contributed by atoms with van der Waals surface area (Å²) in [6, 6.07) is 2.51. The van der Waals surface area contributed by atoms with Gasteiger partial charge in [-0.05, 0) is 6.07 Å². The van der Waals surface area contributed by atoms with E-state index in [9.17, 15) is 14.9 Å². The van der Waals surface area contributed by atoms with Gasteiger partial charge in [0, 0.05) is 10.8 Å². The quantitative estimate of drug-likeness (QED) is 0.525. The second kappa shape index (κ2) is 6.21. The first-order valence-corrected chi connectivity index (χ1v) is 6.80. The summed E-state index contributed by atoms with van der Waals surface area (Å²) in [5, 5.41) is 13.3. The third-order valence-electron chi connectivity index (χ3n) is 1.93. The second-order valence-corrected chi connectivity index (χ2v) is 6.90. The van der Waals surface area contributed by atoms with E-state index < -0.39 is 4.92 Å². The lowest BCUT2D eigenvalue weighted by Gasteiger charge is -2.16. The van der Waals surface area contributed by atoms with Crippen molar-refractivity contribution in [3.8, 4) is 0 Å². The van der Waals surface area contributed by atoms with Crippen molar-refractivity contribution in [2.75, 3.05) is 11.1 Å². The van der Waals surface area contributed by atoms with Crippen molar-refractivity contribution in [3.63, 3.8) is 0 Å². The third kappa shape index (κ3) is 5.44. The number of nitrogens with zero attached hydrogens (tertiary/aromatic N) is 2. The number of thioether (sulfide) groups is 1. The lowest BCUT2D eigenvalue weighted by molar-refractivity contribution is -0.384. The molecule has 0 fully saturated rings. The van der Waals surface area contributed by atoms with Crippen LogP contribution in [0.2, 0.25) is 5.15 Å². The van der Waals surface area contributed by atoms with Crippen LogP contribution in [0.4, 0.5) is 11.5 Å². The number of pyridine rings is 1. The molecule has 0 spiro atoms. The number of nitro groups is 1. The minimum absolute atomic E-state index is 0.0644. The molecule has 0 aliphatic heterocycles. The summed E-state index contributed by atoms with van der Waals surface area (Å²) in [6.07, 6.45) is 0. The monoisotopic (exact) mass is 303 g/mol. The average molecular weight is 304 g/mol. The van der Waals surface area contributed by atoms with Crippen LogP contribution in [0.25, 0.3) is 0 Å². The van der Waals surface area contributed by atoms with Crippen LogP contribution in [-0.2, 0) is 4.79 Å². The van der Waals surface area contributed by atoms with Crippen LogP contribution >= 0.6 is 23.4 Å². The highest BCUT2D eigenvalue weighted by Gasteiger charge is 2.19. The Labute approximate surface area is 120 Å². The number of hydrogen-bond donors (Lipinski definition) is 1. The molecule has 0 aliphatic rings. The number of halogens is 1. The highest BCUT2D eigenvalue weighted by Crippen LogP contribution is 2.26. The van der Waals surface area contributed by atoms with Gasteiger partial charge in [-0.1, -0.05) is 32.4 Å². The molecule has 1 aromatic heterocycles. The van der Waals surface area contributed by atoms with Crippen molar-refractivity contribution in [1.82, 2.24) is 4.98 Å². The van der Waals surface area contributed by atoms with Gasteiger partial charge >= 0.3 is 5.69 Å². The van der Waals surface area contributed by atoms with E-state index in [4.69, 9.17) is 11.6 Å². The molecule has 0 unspecified atom stereocenters. The first-order chi connectivity index (χ1) is 8.69. The van der Waals surface area contributed by atoms with E-state index in [1.165, 1.54) is 23.9 Å². The summed E-state index contributed by atoms with van der Waals surface area (Å²) in [6.45, 7) is 5.93. The Morgan fingerprint density at radius 1 is 1.53 bits per heavy atom. The minimum Gasteiger partial charge on any atom is -0.304 e. The van der Waals surface area contributed by atoms with Crippen molar-refractivity contribution in [2.45, 2.75) is 25.5 Å². The van der Waals surface area contributed by atoms with Gasteiger partial charge in [0.2, 0.25) is 11.7 Å². The lowest BCUT2D eigenvalue weighted by atomic mass is 10.3. The molecule has 0 aliphatic carbocycles. The topological polar surface area (TPSA) is 85.1 Å². The van der Waals surface area contributed by atoms with Crippen LogP contribution in [-0.4, -0.2) is 26.3 Å². The number of hydrogen-bond acceptors (Lipinski definition) is 5. The molecule has 0 atom stereocenters. The van der Waals surface area contributed by atoms with Crippen molar-refractivity contribution >= 4 is 40.8 Å². The maximum absolute atomic E-state index is 11.7. The fourth-order valence-corrected chi connectivity index (χ4v) is 1.90.